The van der Waals surface area contributed by atoms with Crippen molar-refractivity contribution < 1.29 is 9.53 Å². The molecule has 0 bridgehead atoms. The predicted molar refractivity (Wildman–Crippen MR) is 81.2 cm³/mol. The third-order valence-electron chi connectivity index (χ3n) is 3.07. The van der Waals surface area contributed by atoms with Crippen LogP contribution in [0, 0.1) is 0 Å². The van der Waals surface area contributed by atoms with Crippen molar-refractivity contribution in [3.63, 3.8) is 0 Å². The first-order chi connectivity index (χ1) is 9.72. The second-order valence-corrected chi connectivity index (χ2v) is 4.59. The minimum absolute atomic E-state index is 0.0148. The summed E-state index contributed by atoms with van der Waals surface area (Å²) in [5, 5.41) is 0. The van der Waals surface area contributed by atoms with Crippen molar-refractivity contribution in [2.45, 2.75) is 19.4 Å². The molecule has 0 fully saturated rings. The van der Waals surface area contributed by atoms with Crippen LogP contribution in [-0.4, -0.2) is 11.9 Å². The van der Waals surface area contributed by atoms with Crippen molar-refractivity contribution >= 4 is 5.78 Å². The lowest BCUT2D eigenvalue weighted by molar-refractivity contribution is 0.0817. The van der Waals surface area contributed by atoms with E-state index in [1.807, 2.05) is 48.5 Å². The monoisotopic (exact) mass is 266 g/mol. The number of hydrogen-bond donors (Lipinski definition) is 0. The Morgan fingerprint density at radius 1 is 1.15 bits per heavy atom. The molecule has 1 atom stereocenters. The van der Waals surface area contributed by atoms with Gasteiger partial charge in [0.05, 0.1) is 0 Å². The van der Waals surface area contributed by atoms with Crippen molar-refractivity contribution in [3.05, 3.63) is 78.4 Å². The first kappa shape index (κ1) is 14.1. The zero-order valence-electron chi connectivity index (χ0n) is 11.6. The van der Waals surface area contributed by atoms with E-state index in [0.29, 0.717) is 5.56 Å². The van der Waals surface area contributed by atoms with Gasteiger partial charge < -0.3 is 4.74 Å². The number of allylic oxidation sites excluding steroid dienone is 1. The molecule has 20 heavy (non-hydrogen) atoms. The minimum atomic E-state index is -0.511. The summed E-state index contributed by atoms with van der Waals surface area (Å²) in [6.45, 7) is 5.51. The summed E-state index contributed by atoms with van der Waals surface area (Å²) in [4.78, 5) is 12.3. The van der Waals surface area contributed by atoms with Gasteiger partial charge in [-0.25, -0.2) is 0 Å². The molecule has 0 radical (unpaired) electrons. The molecule has 0 aliphatic rings. The topological polar surface area (TPSA) is 26.3 Å². The lowest BCUT2D eigenvalue weighted by Crippen LogP contribution is -2.24. The molecule has 0 spiro atoms. The normalized spacial score (nSPS) is 11.7. The van der Waals surface area contributed by atoms with Crippen LogP contribution >= 0.6 is 0 Å². The van der Waals surface area contributed by atoms with Crippen molar-refractivity contribution in [3.8, 4) is 5.75 Å². The van der Waals surface area contributed by atoms with Gasteiger partial charge >= 0.3 is 0 Å². The highest BCUT2D eigenvalue weighted by molar-refractivity contribution is 5.99. The highest BCUT2D eigenvalue weighted by Crippen LogP contribution is 2.21. The van der Waals surface area contributed by atoms with E-state index in [1.54, 1.807) is 19.1 Å². The zero-order valence-corrected chi connectivity index (χ0v) is 11.6. The number of Topliss-reactive ketones (excluding diaryl/α,β-unsaturated/α-hetero) is 1. The summed E-state index contributed by atoms with van der Waals surface area (Å²) in [5.41, 5.74) is 1.71. The number of ether oxygens (including phenoxy) is 1. The van der Waals surface area contributed by atoms with Gasteiger partial charge in [-0.15, -0.1) is 6.58 Å². The third kappa shape index (κ3) is 3.35. The number of hydrogen-bond acceptors (Lipinski definition) is 2. The SMILES string of the molecule is C=CCc1ccccc1OC(C)C(=O)c1ccccc1. The van der Waals surface area contributed by atoms with Crippen LogP contribution in [0.4, 0.5) is 0 Å². The number of carbonyl (C=O) groups excluding carboxylic acids is 1. The van der Waals surface area contributed by atoms with Crippen LogP contribution in [0.25, 0.3) is 0 Å². The smallest absolute Gasteiger partial charge is 0.202 e. The number of para-hydroxylation sites is 1. The molecule has 0 aromatic heterocycles. The fraction of sp³-hybridized carbons (Fsp3) is 0.167. The second-order valence-electron chi connectivity index (χ2n) is 4.59. The van der Waals surface area contributed by atoms with Gasteiger partial charge in [-0.05, 0) is 25.0 Å². The van der Waals surface area contributed by atoms with Gasteiger partial charge in [0.25, 0.3) is 0 Å². The Kier molecular flexibility index (Phi) is 4.72. The first-order valence-corrected chi connectivity index (χ1v) is 6.67. The van der Waals surface area contributed by atoms with E-state index in [1.165, 1.54) is 0 Å². The minimum Gasteiger partial charge on any atom is -0.482 e. The first-order valence-electron chi connectivity index (χ1n) is 6.67. The fourth-order valence-corrected chi connectivity index (χ4v) is 2.02. The van der Waals surface area contributed by atoms with Crippen molar-refractivity contribution in [2.75, 3.05) is 0 Å². The molecule has 0 aliphatic carbocycles. The zero-order chi connectivity index (χ0) is 14.4. The molecule has 2 aromatic carbocycles. The van der Waals surface area contributed by atoms with Crippen LogP contribution < -0.4 is 4.74 Å². The average Bonchev–Trinajstić information content (AvgIpc) is 2.49. The molecule has 102 valence electrons. The van der Waals surface area contributed by atoms with Gasteiger partial charge in [0.2, 0.25) is 5.78 Å². The van der Waals surface area contributed by atoms with Gasteiger partial charge in [-0.1, -0.05) is 54.6 Å². The van der Waals surface area contributed by atoms with Crippen LogP contribution in [0.3, 0.4) is 0 Å². The molecular weight excluding hydrogens is 248 g/mol. The maximum atomic E-state index is 12.3. The molecule has 2 aromatic rings. The van der Waals surface area contributed by atoms with E-state index in [2.05, 4.69) is 6.58 Å². The van der Waals surface area contributed by atoms with Crippen molar-refractivity contribution in [1.29, 1.82) is 0 Å². The molecule has 0 saturated carbocycles. The predicted octanol–water partition coefficient (Wildman–Crippen LogP) is 4.07. The highest BCUT2D eigenvalue weighted by Gasteiger charge is 2.17. The molecule has 0 saturated heterocycles. The molecule has 2 rings (SSSR count). The van der Waals surface area contributed by atoms with Crippen molar-refractivity contribution in [1.82, 2.24) is 0 Å². The van der Waals surface area contributed by atoms with Crippen molar-refractivity contribution in [2.24, 2.45) is 0 Å². The number of carbonyl (C=O) groups is 1. The number of ketones is 1. The highest BCUT2D eigenvalue weighted by atomic mass is 16.5. The Labute approximate surface area is 119 Å². The number of benzene rings is 2. The molecule has 1 unspecified atom stereocenters. The second kappa shape index (κ2) is 6.71. The van der Waals surface area contributed by atoms with E-state index >= 15 is 0 Å². The molecule has 0 aliphatic heterocycles. The summed E-state index contributed by atoms with van der Waals surface area (Å²) in [5.74, 6) is 0.725. The Hall–Kier alpha value is -2.35. The summed E-state index contributed by atoms with van der Waals surface area (Å²) < 4.78 is 5.82. The van der Waals surface area contributed by atoms with E-state index in [9.17, 15) is 4.79 Å². The van der Waals surface area contributed by atoms with Crippen LogP contribution in [0.5, 0.6) is 5.75 Å². The van der Waals surface area contributed by atoms with E-state index < -0.39 is 6.10 Å². The number of rotatable bonds is 6. The Morgan fingerprint density at radius 2 is 1.80 bits per heavy atom. The summed E-state index contributed by atoms with van der Waals surface area (Å²) >= 11 is 0. The van der Waals surface area contributed by atoms with Crippen LogP contribution in [-0.2, 0) is 6.42 Å². The lowest BCUT2D eigenvalue weighted by Gasteiger charge is -2.16. The Bertz CT molecular complexity index is 587. The third-order valence-corrected chi connectivity index (χ3v) is 3.07. The Balaban J connectivity index is 2.14. The van der Waals surface area contributed by atoms with Gasteiger partial charge in [0, 0.05) is 5.56 Å². The summed E-state index contributed by atoms with van der Waals surface area (Å²) in [6.07, 6.45) is 2.04. The van der Waals surface area contributed by atoms with Crippen LogP contribution in [0.2, 0.25) is 0 Å². The Morgan fingerprint density at radius 3 is 2.50 bits per heavy atom. The average molecular weight is 266 g/mol. The van der Waals surface area contributed by atoms with Crippen LogP contribution in [0.15, 0.2) is 67.3 Å². The van der Waals surface area contributed by atoms with E-state index in [0.717, 1.165) is 17.7 Å². The standard InChI is InChI=1S/C18H18O2/c1-3-9-15-10-7-8-13-17(15)20-14(2)18(19)16-11-5-4-6-12-16/h3-8,10-14H,1,9H2,2H3. The fourth-order valence-electron chi connectivity index (χ4n) is 2.02. The van der Waals surface area contributed by atoms with Crippen LogP contribution in [0.1, 0.15) is 22.8 Å². The van der Waals surface area contributed by atoms with Gasteiger partial charge in [0.1, 0.15) is 5.75 Å². The molecule has 2 nitrogen and oxygen atoms in total. The lowest BCUT2D eigenvalue weighted by atomic mass is 10.1. The molecule has 0 amide bonds. The van der Waals surface area contributed by atoms with Gasteiger partial charge in [-0.2, -0.15) is 0 Å². The molecular formula is C18H18O2. The van der Waals surface area contributed by atoms with Gasteiger partial charge in [-0.3, -0.25) is 4.79 Å². The largest absolute Gasteiger partial charge is 0.482 e. The summed E-state index contributed by atoms with van der Waals surface area (Å²) in [7, 11) is 0. The summed E-state index contributed by atoms with van der Waals surface area (Å²) in [6, 6.07) is 16.9. The van der Waals surface area contributed by atoms with E-state index in [-0.39, 0.29) is 5.78 Å². The van der Waals surface area contributed by atoms with Gasteiger partial charge in [0.15, 0.2) is 6.10 Å². The maximum absolute atomic E-state index is 12.3. The molecule has 0 heterocycles. The molecule has 0 N–H and O–H groups in total. The quantitative estimate of drug-likeness (QED) is 0.582. The van der Waals surface area contributed by atoms with E-state index in [4.69, 9.17) is 4.74 Å². The molecule has 2 heteroatoms. The maximum Gasteiger partial charge on any atom is 0.202 e.